The molecule has 2 rings (SSSR count). The van der Waals surface area contributed by atoms with E-state index in [-0.39, 0.29) is 17.7 Å². The number of aryl methyl sites for hydroxylation is 2. The molecule has 1 heterocycles. The Morgan fingerprint density at radius 1 is 1.19 bits per heavy atom. The number of aliphatic carboxylic acids is 1. The third-order valence-electron chi connectivity index (χ3n) is 5.42. The smallest absolute Gasteiger partial charge is 0.481 e. The molecule has 1 atom stereocenters. The zero-order valence-corrected chi connectivity index (χ0v) is 22.4. The summed E-state index contributed by atoms with van der Waals surface area (Å²) >= 11 is 2.89. The van der Waals surface area contributed by atoms with Gasteiger partial charge in [-0.25, -0.2) is 4.31 Å². The standard InChI is InChI=1S/C25H35F3N2O4S2/c1-24(2,10-5-7-18-9-11-35-17-18)29-15-20(31)16-30(3)36-22-13-19(6-4-8-23(32)33)12-21(14-22)34-25(26,27)28/h9,11-14,17,20,29,31H,4-8,10,15-16H2,1-3H3,(H,32,33)/t20-/m1/s1. The molecule has 0 saturated heterocycles. The highest BCUT2D eigenvalue weighted by Gasteiger charge is 2.31. The summed E-state index contributed by atoms with van der Waals surface area (Å²) in [5, 5.41) is 27.0. The maximum atomic E-state index is 12.8. The van der Waals surface area contributed by atoms with Crippen LogP contribution in [0.1, 0.15) is 50.7 Å². The summed E-state index contributed by atoms with van der Waals surface area (Å²) in [5.74, 6) is -1.31. The highest BCUT2D eigenvalue weighted by Crippen LogP contribution is 2.31. The minimum absolute atomic E-state index is 0.0732. The van der Waals surface area contributed by atoms with Crippen LogP contribution >= 0.6 is 23.3 Å². The van der Waals surface area contributed by atoms with E-state index in [4.69, 9.17) is 5.11 Å². The summed E-state index contributed by atoms with van der Waals surface area (Å²) < 4.78 is 44.2. The molecular formula is C25H35F3N2O4S2. The first-order valence-corrected chi connectivity index (χ1v) is 13.5. The first-order chi connectivity index (χ1) is 16.8. The lowest BCUT2D eigenvalue weighted by Crippen LogP contribution is -2.45. The van der Waals surface area contributed by atoms with Gasteiger partial charge in [-0.2, -0.15) is 11.3 Å². The summed E-state index contributed by atoms with van der Waals surface area (Å²) in [6, 6.07) is 6.41. The molecule has 0 unspecified atom stereocenters. The zero-order chi connectivity index (χ0) is 26.8. The lowest BCUT2D eigenvalue weighted by molar-refractivity contribution is -0.274. The number of β-amino-alcohol motifs (C(OH)–C–C–N with tert-alkyl or cyclic N) is 1. The van der Waals surface area contributed by atoms with E-state index >= 15 is 0 Å². The monoisotopic (exact) mass is 548 g/mol. The Morgan fingerprint density at radius 3 is 2.56 bits per heavy atom. The van der Waals surface area contributed by atoms with Crippen molar-refractivity contribution in [1.29, 1.82) is 0 Å². The molecule has 1 aromatic heterocycles. The molecule has 0 amide bonds. The minimum Gasteiger partial charge on any atom is -0.481 e. The van der Waals surface area contributed by atoms with E-state index in [0.29, 0.717) is 36.4 Å². The van der Waals surface area contributed by atoms with Crippen LogP contribution in [0, 0.1) is 0 Å². The fraction of sp³-hybridized carbons (Fsp3) is 0.560. The second-order valence-corrected chi connectivity index (χ2v) is 11.5. The molecule has 0 saturated carbocycles. The Bertz CT molecular complexity index is 940. The lowest BCUT2D eigenvalue weighted by atomic mass is 9.96. The SMILES string of the molecule is CN(C[C@H](O)CNC(C)(C)CCCc1ccsc1)Sc1cc(CCCC(=O)O)cc(OC(F)(F)F)c1. The Hall–Kier alpha value is -1.79. The fourth-order valence-corrected chi connectivity index (χ4v) is 5.38. The van der Waals surface area contributed by atoms with Gasteiger partial charge >= 0.3 is 12.3 Å². The predicted octanol–water partition coefficient (Wildman–Crippen LogP) is 5.74. The van der Waals surface area contributed by atoms with Gasteiger partial charge in [-0.1, -0.05) is 0 Å². The number of hydrogen-bond acceptors (Lipinski definition) is 7. The first kappa shape index (κ1) is 30.4. The van der Waals surface area contributed by atoms with Gasteiger partial charge in [-0.3, -0.25) is 4.79 Å². The van der Waals surface area contributed by atoms with Gasteiger partial charge in [-0.05, 0) is 111 Å². The van der Waals surface area contributed by atoms with Crippen LogP contribution < -0.4 is 10.1 Å². The molecule has 0 aliphatic rings. The third kappa shape index (κ3) is 13.0. The largest absolute Gasteiger partial charge is 0.573 e. The molecule has 0 bridgehead atoms. The number of ether oxygens (including phenoxy) is 1. The summed E-state index contributed by atoms with van der Waals surface area (Å²) in [7, 11) is 1.75. The highest BCUT2D eigenvalue weighted by atomic mass is 32.2. The molecule has 11 heteroatoms. The average molecular weight is 549 g/mol. The van der Waals surface area contributed by atoms with Crippen molar-refractivity contribution in [2.45, 2.75) is 75.3 Å². The van der Waals surface area contributed by atoms with Crippen molar-refractivity contribution in [3.8, 4) is 5.75 Å². The second kappa shape index (κ2) is 14.2. The highest BCUT2D eigenvalue weighted by molar-refractivity contribution is 7.97. The lowest BCUT2D eigenvalue weighted by Gasteiger charge is -2.29. The maximum Gasteiger partial charge on any atom is 0.573 e. The number of nitrogens with zero attached hydrogens (tertiary/aromatic N) is 1. The van der Waals surface area contributed by atoms with Crippen LogP contribution in [0.25, 0.3) is 0 Å². The van der Waals surface area contributed by atoms with Crippen LogP contribution in [0.2, 0.25) is 0 Å². The van der Waals surface area contributed by atoms with E-state index in [1.165, 1.54) is 29.6 Å². The van der Waals surface area contributed by atoms with Gasteiger partial charge in [0.05, 0.1) is 6.10 Å². The summed E-state index contributed by atoms with van der Waals surface area (Å²) in [6.07, 6.45) is -1.95. The molecule has 0 radical (unpaired) electrons. The number of nitrogens with one attached hydrogen (secondary N) is 1. The Balaban J connectivity index is 1.87. The zero-order valence-electron chi connectivity index (χ0n) is 20.8. The van der Waals surface area contributed by atoms with E-state index in [1.807, 2.05) is 0 Å². The number of benzene rings is 1. The molecule has 3 N–H and O–H groups in total. The number of rotatable bonds is 16. The fourth-order valence-electron chi connectivity index (χ4n) is 3.69. The molecule has 0 spiro atoms. The van der Waals surface area contributed by atoms with Crippen molar-refractivity contribution < 1.29 is 32.9 Å². The Kier molecular flexibility index (Phi) is 12.0. The number of thiophene rings is 1. The van der Waals surface area contributed by atoms with Crippen molar-refractivity contribution >= 4 is 29.3 Å². The molecule has 0 fully saturated rings. The average Bonchev–Trinajstić information content (AvgIpc) is 3.24. The van der Waals surface area contributed by atoms with Crippen molar-refractivity contribution in [3.05, 3.63) is 46.2 Å². The van der Waals surface area contributed by atoms with E-state index < -0.39 is 18.4 Å². The number of carbonyl (C=O) groups is 1. The Morgan fingerprint density at radius 2 is 1.92 bits per heavy atom. The number of aliphatic hydroxyl groups is 1. The van der Waals surface area contributed by atoms with Gasteiger partial charge in [0, 0.05) is 29.9 Å². The number of carboxylic acid groups (broad SMARTS) is 1. The van der Waals surface area contributed by atoms with Gasteiger partial charge in [0.1, 0.15) is 5.75 Å². The van der Waals surface area contributed by atoms with Crippen LogP contribution in [-0.2, 0) is 17.6 Å². The van der Waals surface area contributed by atoms with Gasteiger partial charge in [0.2, 0.25) is 0 Å². The van der Waals surface area contributed by atoms with Crippen LogP contribution in [0.3, 0.4) is 0 Å². The number of hydrogen-bond donors (Lipinski definition) is 3. The molecule has 2 aromatic rings. The number of carboxylic acids is 1. The van der Waals surface area contributed by atoms with Crippen LogP contribution in [0.5, 0.6) is 5.75 Å². The molecule has 202 valence electrons. The van der Waals surface area contributed by atoms with Gasteiger partial charge in [0.25, 0.3) is 0 Å². The van der Waals surface area contributed by atoms with E-state index in [2.05, 4.69) is 40.7 Å². The quantitative estimate of drug-likeness (QED) is 0.231. The van der Waals surface area contributed by atoms with Crippen LogP contribution in [0.4, 0.5) is 13.2 Å². The van der Waals surface area contributed by atoms with Gasteiger partial charge in [0.15, 0.2) is 0 Å². The topological polar surface area (TPSA) is 82.0 Å². The van der Waals surface area contributed by atoms with Crippen molar-refractivity contribution in [2.24, 2.45) is 0 Å². The van der Waals surface area contributed by atoms with Crippen molar-refractivity contribution in [2.75, 3.05) is 20.1 Å². The molecule has 6 nitrogen and oxygen atoms in total. The summed E-state index contributed by atoms with van der Waals surface area (Å²) in [6.45, 7) is 4.88. The summed E-state index contributed by atoms with van der Waals surface area (Å²) in [5.41, 5.74) is 1.75. The predicted molar refractivity (Wildman–Crippen MR) is 138 cm³/mol. The summed E-state index contributed by atoms with van der Waals surface area (Å²) in [4.78, 5) is 11.3. The van der Waals surface area contributed by atoms with Crippen LogP contribution in [-0.4, -0.2) is 58.6 Å². The maximum absolute atomic E-state index is 12.8. The minimum atomic E-state index is -4.83. The number of likely N-dealkylation sites (N-methyl/N-ethyl adjacent to an activating group) is 1. The second-order valence-electron chi connectivity index (χ2n) is 9.41. The third-order valence-corrected chi connectivity index (χ3v) is 7.06. The molecule has 1 aromatic carbocycles. The van der Waals surface area contributed by atoms with E-state index in [0.717, 1.165) is 19.3 Å². The molecule has 36 heavy (non-hydrogen) atoms. The van der Waals surface area contributed by atoms with Crippen molar-refractivity contribution in [1.82, 2.24) is 9.62 Å². The van der Waals surface area contributed by atoms with Crippen molar-refractivity contribution in [3.63, 3.8) is 0 Å². The van der Waals surface area contributed by atoms with Crippen LogP contribution in [0.15, 0.2) is 39.9 Å². The molecule has 0 aliphatic heterocycles. The van der Waals surface area contributed by atoms with Gasteiger partial charge < -0.3 is 20.3 Å². The molecular weight excluding hydrogens is 513 g/mol. The number of aliphatic hydroxyl groups excluding tert-OH is 1. The van der Waals surface area contributed by atoms with Gasteiger partial charge in [-0.15, -0.1) is 13.2 Å². The molecule has 0 aliphatic carbocycles. The van der Waals surface area contributed by atoms with E-state index in [9.17, 15) is 23.1 Å². The Labute approximate surface area is 219 Å². The number of alkyl halides is 3. The first-order valence-electron chi connectivity index (χ1n) is 11.8. The number of halogens is 3. The normalized spacial score (nSPS) is 13.2. The van der Waals surface area contributed by atoms with E-state index in [1.54, 1.807) is 28.8 Å².